The normalized spacial score (nSPS) is 16.7. The molecule has 0 aromatic heterocycles. The molecule has 0 radical (unpaired) electrons. The fourth-order valence-electron chi connectivity index (χ4n) is 3.39. The fourth-order valence-corrected chi connectivity index (χ4v) is 3.39. The Bertz CT molecular complexity index is 616. The zero-order chi connectivity index (χ0) is 20.4. The van der Waals surface area contributed by atoms with Crippen molar-refractivity contribution in [1.29, 1.82) is 0 Å². The standard InChI is InChI=1S/C21H36N4O3/c1-6-22-21(23-14-17-7-8-19(26-4)20(13-17)27-5)24-15-18(16(2)3)25-9-11-28-12-10-25/h7-8,13,16,18H,6,9-12,14-15H2,1-5H3,(H2,22,23,24). The molecular formula is C21H36N4O3. The van der Waals surface area contributed by atoms with Crippen molar-refractivity contribution in [3.63, 3.8) is 0 Å². The molecule has 28 heavy (non-hydrogen) atoms. The van der Waals surface area contributed by atoms with E-state index in [4.69, 9.17) is 19.2 Å². The molecule has 1 aliphatic heterocycles. The summed E-state index contributed by atoms with van der Waals surface area (Å²) in [7, 11) is 3.29. The van der Waals surface area contributed by atoms with Crippen LogP contribution in [-0.2, 0) is 11.3 Å². The number of ether oxygens (including phenoxy) is 3. The average Bonchev–Trinajstić information content (AvgIpc) is 2.72. The molecule has 0 spiro atoms. The summed E-state index contributed by atoms with van der Waals surface area (Å²) in [6, 6.07) is 6.35. The van der Waals surface area contributed by atoms with Crippen molar-refractivity contribution < 1.29 is 14.2 Å². The molecule has 1 aliphatic rings. The lowest BCUT2D eigenvalue weighted by molar-refractivity contribution is 0.00752. The van der Waals surface area contributed by atoms with Gasteiger partial charge >= 0.3 is 0 Å². The van der Waals surface area contributed by atoms with Crippen molar-refractivity contribution in [3.8, 4) is 11.5 Å². The average molecular weight is 393 g/mol. The first kappa shape index (κ1) is 22.3. The first-order chi connectivity index (χ1) is 13.6. The highest BCUT2D eigenvalue weighted by Crippen LogP contribution is 2.27. The summed E-state index contributed by atoms with van der Waals surface area (Å²) in [5.74, 6) is 2.83. The lowest BCUT2D eigenvalue weighted by Gasteiger charge is -2.37. The lowest BCUT2D eigenvalue weighted by Crippen LogP contribution is -2.52. The molecule has 2 rings (SSSR count). The summed E-state index contributed by atoms with van der Waals surface area (Å²) in [6.07, 6.45) is 0. The maximum Gasteiger partial charge on any atom is 0.191 e. The Kier molecular flexibility index (Phi) is 9.37. The van der Waals surface area contributed by atoms with E-state index in [0.29, 0.717) is 18.5 Å². The van der Waals surface area contributed by atoms with Gasteiger partial charge < -0.3 is 24.8 Å². The van der Waals surface area contributed by atoms with E-state index in [1.165, 1.54) is 0 Å². The van der Waals surface area contributed by atoms with Gasteiger partial charge in [-0.05, 0) is 30.5 Å². The van der Waals surface area contributed by atoms with E-state index < -0.39 is 0 Å². The third-order valence-electron chi connectivity index (χ3n) is 4.97. The maximum absolute atomic E-state index is 5.50. The Morgan fingerprint density at radius 3 is 2.46 bits per heavy atom. The van der Waals surface area contributed by atoms with Gasteiger partial charge in [-0.1, -0.05) is 19.9 Å². The van der Waals surface area contributed by atoms with Gasteiger partial charge in [0, 0.05) is 32.2 Å². The van der Waals surface area contributed by atoms with Gasteiger partial charge in [0.2, 0.25) is 0 Å². The van der Waals surface area contributed by atoms with Crippen molar-refractivity contribution in [2.45, 2.75) is 33.4 Å². The molecule has 0 aliphatic carbocycles. The van der Waals surface area contributed by atoms with Crippen LogP contribution in [0.5, 0.6) is 11.5 Å². The zero-order valence-electron chi connectivity index (χ0n) is 18.0. The first-order valence-corrected chi connectivity index (χ1v) is 10.1. The van der Waals surface area contributed by atoms with Crippen LogP contribution < -0.4 is 20.1 Å². The number of hydrogen-bond acceptors (Lipinski definition) is 5. The third-order valence-corrected chi connectivity index (χ3v) is 4.97. The van der Waals surface area contributed by atoms with Crippen LogP contribution in [0.1, 0.15) is 26.3 Å². The number of methoxy groups -OCH3 is 2. The number of morpholine rings is 1. The molecule has 1 atom stereocenters. The van der Waals surface area contributed by atoms with Crippen LogP contribution in [0.25, 0.3) is 0 Å². The van der Waals surface area contributed by atoms with Gasteiger partial charge in [-0.25, -0.2) is 4.99 Å². The monoisotopic (exact) mass is 392 g/mol. The zero-order valence-corrected chi connectivity index (χ0v) is 18.0. The van der Waals surface area contributed by atoms with Gasteiger partial charge in [0.25, 0.3) is 0 Å². The Hall–Kier alpha value is -1.99. The van der Waals surface area contributed by atoms with Crippen molar-refractivity contribution in [2.24, 2.45) is 10.9 Å². The Labute approximate surface area is 169 Å². The molecule has 7 heteroatoms. The van der Waals surface area contributed by atoms with E-state index in [1.54, 1.807) is 14.2 Å². The molecule has 158 valence electrons. The lowest BCUT2D eigenvalue weighted by atomic mass is 10.0. The van der Waals surface area contributed by atoms with Crippen LogP contribution in [0.2, 0.25) is 0 Å². The molecular weight excluding hydrogens is 356 g/mol. The summed E-state index contributed by atoms with van der Waals surface area (Å²) in [6.45, 7) is 12.5. The molecule has 7 nitrogen and oxygen atoms in total. The number of rotatable bonds is 9. The molecule has 1 heterocycles. The van der Waals surface area contributed by atoms with Gasteiger partial charge in [-0.2, -0.15) is 0 Å². The molecule has 1 aromatic carbocycles. The highest BCUT2D eigenvalue weighted by Gasteiger charge is 2.23. The second-order valence-corrected chi connectivity index (χ2v) is 7.23. The molecule has 1 unspecified atom stereocenters. The molecule has 0 bridgehead atoms. The van der Waals surface area contributed by atoms with Gasteiger partial charge in [0.15, 0.2) is 17.5 Å². The molecule has 1 aromatic rings. The van der Waals surface area contributed by atoms with E-state index >= 15 is 0 Å². The van der Waals surface area contributed by atoms with E-state index in [-0.39, 0.29) is 0 Å². The predicted octanol–water partition coefficient (Wildman–Crippen LogP) is 2.12. The number of benzene rings is 1. The minimum absolute atomic E-state index is 0.453. The Morgan fingerprint density at radius 2 is 1.86 bits per heavy atom. The summed E-state index contributed by atoms with van der Waals surface area (Å²) < 4.78 is 16.2. The number of nitrogens with one attached hydrogen (secondary N) is 2. The SMILES string of the molecule is CCNC(=NCc1ccc(OC)c(OC)c1)NCC(C(C)C)N1CCOCC1. The predicted molar refractivity (Wildman–Crippen MR) is 113 cm³/mol. The van der Waals surface area contributed by atoms with Crippen LogP contribution in [0, 0.1) is 5.92 Å². The second-order valence-electron chi connectivity index (χ2n) is 7.23. The molecule has 0 saturated carbocycles. The Balaban J connectivity index is 2.00. The second kappa shape index (κ2) is 11.8. The Morgan fingerprint density at radius 1 is 1.14 bits per heavy atom. The summed E-state index contributed by atoms with van der Waals surface area (Å²) >= 11 is 0. The maximum atomic E-state index is 5.50. The molecule has 2 N–H and O–H groups in total. The van der Waals surface area contributed by atoms with Crippen molar-refractivity contribution in [1.82, 2.24) is 15.5 Å². The van der Waals surface area contributed by atoms with E-state index in [9.17, 15) is 0 Å². The third kappa shape index (κ3) is 6.56. The topological polar surface area (TPSA) is 67.4 Å². The number of guanidine groups is 1. The van der Waals surface area contributed by atoms with Crippen molar-refractivity contribution in [2.75, 3.05) is 53.6 Å². The number of aliphatic imine (C=N–C) groups is 1. The highest BCUT2D eigenvalue weighted by molar-refractivity contribution is 5.79. The van der Waals surface area contributed by atoms with Crippen LogP contribution in [0.3, 0.4) is 0 Å². The first-order valence-electron chi connectivity index (χ1n) is 10.1. The van der Waals surface area contributed by atoms with E-state index in [2.05, 4.69) is 36.3 Å². The largest absolute Gasteiger partial charge is 0.493 e. The minimum atomic E-state index is 0.453. The quantitative estimate of drug-likeness (QED) is 0.496. The molecule has 1 fully saturated rings. The van der Waals surface area contributed by atoms with Crippen LogP contribution in [0.4, 0.5) is 0 Å². The molecule has 1 saturated heterocycles. The fraction of sp³-hybridized carbons (Fsp3) is 0.667. The summed E-state index contributed by atoms with van der Waals surface area (Å²) in [5, 5.41) is 6.86. The number of hydrogen-bond donors (Lipinski definition) is 2. The minimum Gasteiger partial charge on any atom is -0.493 e. The van der Waals surface area contributed by atoms with Crippen LogP contribution in [-0.4, -0.2) is 70.5 Å². The van der Waals surface area contributed by atoms with Gasteiger partial charge in [0.05, 0.1) is 34.0 Å². The van der Waals surface area contributed by atoms with Gasteiger partial charge in [0.1, 0.15) is 0 Å². The van der Waals surface area contributed by atoms with Crippen molar-refractivity contribution in [3.05, 3.63) is 23.8 Å². The summed E-state index contributed by atoms with van der Waals surface area (Å²) in [5.41, 5.74) is 1.07. The van der Waals surface area contributed by atoms with E-state index in [1.807, 2.05) is 18.2 Å². The van der Waals surface area contributed by atoms with Crippen LogP contribution in [0.15, 0.2) is 23.2 Å². The van der Waals surface area contributed by atoms with Gasteiger partial charge in [-0.15, -0.1) is 0 Å². The van der Waals surface area contributed by atoms with Crippen molar-refractivity contribution >= 4 is 5.96 Å². The van der Waals surface area contributed by atoms with E-state index in [0.717, 1.165) is 62.4 Å². The van der Waals surface area contributed by atoms with Gasteiger partial charge in [-0.3, -0.25) is 4.90 Å². The molecule has 0 amide bonds. The van der Waals surface area contributed by atoms with Crippen LogP contribution >= 0.6 is 0 Å². The summed E-state index contributed by atoms with van der Waals surface area (Å²) in [4.78, 5) is 7.26. The highest BCUT2D eigenvalue weighted by atomic mass is 16.5. The number of nitrogens with zero attached hydrogens (tertiary/aromatic N) is 2. The smallest absolute Gasteiger partial charge is 0.191 e.